The molecule has 1 N–H and O–H groups in total. The van der Waals surface area contributed by atoms with Gasteiger partial charge in [-0.25, -0.2) is 4.98 Å². The first kappa shape index (κ1) is 29.4. The van der Waals surface area contributed by atoms with Crippen molar-refractivity contribution in [2.75, 3.05) is 62.7 Å². The number of hydrogen-bond donors (Lipinski definition) is 1. The molecule has 7 nitrogen and oxygen atoms in total. The molecule has 3 aliphatic heterocycles. The van der Waals surface area contributed by atoms with Gasteiger partial charge in [-0.05, 0) is 119 Å². The molecule has 3 fully saturated rings. The molecule has 2 saturated heterocycles. The summed E-state index contributed by atoms with van der Waals surface area (Å²) in [4.78, 5) is 23.2. The van der Waals surface area contributed by atoms with Gasteiger partial charge in [0.2, 0.25) is 0 Å². The minimum Gasteiger partial charge on any atom is -0.460 e. The summed E-state index contributed by atoms with van der Waals surface area (Å²) in [5.41, 5.74) is 6.11. The molecule has 4 aliphatic rings. The lowest BCUT2D eigenvalue weighted by Gasteiger charge is -2.31. The number of ether oxygens (including phenoxy) is 2. The fourth-order valence-corrected chi connectivity index (χ4v) is 6.91. The van der Waals surface area contributed by atoms with E-state index in [1.54, 1.807) is 0 Å². The smallest absolute Gasteiger partial charge is 0.306 e. The Labute approximate surface area is 252 Å². The zero-order chi connectivity index (χ0) is 29.1. The summed E-state index contributed by atoms with van der Waals surface area (Å²) in [6.07, 6.45) is 8.69. The molecule has 0 bridgehead atoms. The molecule has 0 spiro atoms. The van der Waals surface area contributed by atoms with Crippen molar-refractivity contribution in [2.24, 2.45) is 5.92 Å². The maximum atomic E-state index is 13.2. The van der Waals surface area contributed by atoms with Crippen molar-refractivity contribution in [1.29, 1.82) is 0 Å². The molecule has 4 heterocycles. The second-order valence-corrected chi connectivity index (χ2v) is 14.0. The van der Waals surface area contributed by atoms with Crippen LogP contribution in [0, 0.1) is 5.92 Å². The second kappa shape index (κ2) is 12.9. The van der Waals surface area contributed by atoms with Crippen molar-refractivity contribution in [3.63, 3.8) is 0 Å². The van der Waals surface area contributed by atoms with E-state index in [4.69, 9.17) is 14.5 Å². The Balaban J connectivity index is 1.14. The highest BCUT2D eigenvalue weighted by Gasteiger charge is 2.31. The van der Waals surface area contributed by atoms with Gasteiger partial charge in [-0.15, -0.1) is 0 Å². The molecule has 2 unspecified atom stereocenters. The van der Waals surface area contributed by atoms with E-state index in [1.807, 2.05) is 20.8 Å². The van der Waals surface area contributed by atoms with E-state index in [2.05, 4.69) is 45.4 Å². The minimum atomic E-state index is -0.477. The Hall–Kier alpha value is -2.64. The van der Waals surface area contributed by atoms with Gasteiger partial charge in [-0.3, -0.25) is 4.79 Å². The van der Waals surface area contributed by atoms with Gasteiger partial charge in [-0.2, -0.15) is 0 Å². The summed E-state index contributed by atoms with van der Waals surface area (Å²) >= 11 is 0. The molecule has 6 rings (SSSR count). The van der Waals surface area contributed by atoms with E-state index in [1.165, 1.54) is 53.8 Å². The average Bonchev–Trinajstić information content (AvgIpc) is 3.74. The van der Waals surface area contributed by atoms with Crippen LogP contribution in [0.1, 0.15) is 93.5 Å². The predicted octanol–water partition coefficient (Wildman–Crippen LogP) is 5.92. The average molecular weight is 575 g/mol. The third kappa shape index (κ3) is 7.84. The molecule has 0 radical (unpaired) electrons. The summed E-state index contributed by atoms with van der Waals surface area (Å²) in [6, 6.07) is 11.7. The van der Waals surface area contributed by atoms with Gasteiger partial charge in [0, 0.05) is 50.0 Å². The van der Waals surface area contributed by atoms with Gasteiger partial charge in [0.25, 0.3) is 0 Å². The number of nitrogens with one attached hydrogen (secondary N) is 1. The van der Waals surface area contributed by atoms with Crippen molar-refractivity contribution < 1.29 is 14.3 Å². The number of carbonyl (C=O) groups excluding carboxylic acids is 1. The van der Waals surface area contributed by atoms with Gasteiger partial charge >= 0.3 is 5.97 Å². The summed E-state index contributed by atoms with van der Waals surface area (Å²) in [6.45, 7) is 13.4. The molecule has 1 aromatic carbocycles. The zero-order valence-electron chi connectivity index (χ0n) is 26.0. The van der Waals surface area contributed by atoms with Gasteiger partial charge in [-0.1, -0.05) is 12.1 Å². The van der Waals surface area contributed by atoms with E-state index in [9.17, 15) is 4.79 Å². The topological polar surface area (TPSA) is 66.9 Å². The molecule has 42 heavy (non-hydrogen) atoms. The van der Waals surface area contributed by atoms with Gasteiger partial charge in [0.1, 0.15) is 11.4 Å². The molecular formula is C35H50N4O3. The van der Waals surface area contributed by atoms with Gasteiger partial charge < -0.3 is 24.6 Å². The maximum absolute atomic E-state index is 13.2. The third-order valence-corrected chi connectivity index (χ3v) is 9.30. The van der Waals surface area contributed by atoms with Crippen LogP contribution in [0.3, 0.4) is 0 Å². The Morgan fingerprint density at radius 1 is 1.12 bits per heavy atom. The number of pyridine rings is 1. The number of morpholine rings is 1. The third-order valence-electron chi connectivity index (χ3n) is 9.30. The largest absolute Gasteiger partial charge is 0.460 e. The van der Waals surface area contributed by atoms with Crippen LogP contribution in [0.15, 0.2) is 30.3 Å². The molecule has 1 aromatic heterocycles. The van der Waals surface area contributed by atoms with Crippen LogP contribution in [0.25, 0.3) is 0 Å². The monoisotopic (exact) mass is 574 g/mol. The molecule has 1 aliphatic carbocycles. The first-order valence-corrected chi connectivity index (χ1v) is 16.4. The Morgan fingerprint density at radius 3 is 2.74 bits per heavy atom. The van der Waals surface area contributed by atoms with Crippen molar-refractivity contribution in [3.8, 4) is 0 Å². The van der Waals surface area contributed by atoms with Crippen molar-refractivity contribution in [2.45, 2.75) is 89.6 Å². The van der Waals surface area contributed by atoms with Gasteiger partial charge in [0.05, 0.1) is 19.6 Å². The fourth-order valence-electron chi connectivity index (χ4n) is 6.91. The van der Waals surface area contributed by atoms with Crippen LogP contribution >= 0.6 is 0 Å². The Morgan fingerprint density at radius 2 is 1.95 bits per heavy atom. The van der Waals surface area contributed by atoms with E-state index >= 15 is 0 Å². The molecule has 7 heteroatoms. The molecule has 1 saturated carbocycles. The summed E-state index contributed by atoms with van der Waals surface area (Å²) in [5, 5.41) is 3.48. The molecular weight excluding hydrogens is 524 g/mol. The van der Waals surface area contributed by atoms with Gasteiger partial charge in [0.15, 0.2) is 0 Å². The van der Waals surface area contributed by atoms with Crippen molar-refractivity contribution >= 4 is 17.5 Å². The number of hydrogen-bond acceptors (Lipinski definition) is 7. The highest BCUT2D eigenvalue weighted by Crippen LogP contribution is 2.43. The molecule has 0 amide bonds. The highest BCUT2D eigenvalue weighted by molar-refractivity contribution is 5.71. The standard InChI is InChI=1S/C35H50N4O3/c1-35(2,3)42-33(40)22-30(29-19-28(26-7-8-26)20-32(21-29)39-15-17-41-18-16-39)24-38-14-12-25(23-38)6-10-31-11-9-27-5-4-13-36-34(27)37-31/h9,11,19-21,25-26,30H,4-8,10,12-18,22-24H2,1-3H3,(H,36,37). The summed E-state index contributed by atoms with van der Waals surface area (Å²) in [7, 11) is 0. The maximum Gasteiger partial charge on any atom is 0.306 e. The van der Waals surface area contributed by atoms with Crippen molar-refractivity contribution in [3.05, 3.63) is 52.7 Å². The fraction of sp³-hybridized carbons (Fsp3) is 0.657. The lowest BCUT2D eigenvalue weighted by atomic mass is 9.91. The van der Waals surface area contributed by atoms with Crippen LogP contribution in [0.5, 0.6) is 0 Å². The first-order valence-electron chi connectivity index (χ1n) is 16.4. The van der Waals surface area contributed by atoms with Crippen LogP contribution in [0.4, 0.5) is 11.5 Å². The van der Waals surface area contributed by atoms with E-state index in [0.29, 0.717) is 18.3 Å². The Kier molecular flexibility index (Phi) is 9.06. The number of nitrogens with zero attached hydrogens (tertiary/aromatic N) is 3. The number of aromatic nitrogens is 1. The van der Waals surface area contributed by atoms with Crippen LogP contribution < -0.4 is 10.2 Å². The predicted molar refractivity (Wildman–Crippen MR) is 169 cm³/mol. The Bertz CT molecular complexity index is 1230. The molecule has 228 valence electrons. The second-order valence-electron chi connectivity index (χ2n) is 14.0. The first-order chi connectivity index (χ1) is 20.3. The van der Waals surface area contributed by atoms with Crippen LogP contribution in [-0.4, -0.2) is 73.9 Å². The van der Waals surface area contributed by atoms with E-state index < -0.39 is 5.60 Å². The van der Waals surface area contributed by atoms with E-state index in [-0.39, 0.29) is 11.9 Å². The number of anilines is 2. The van der Waals surface area contributed by atoms with Crippen LogP contribution in [-0.2, 0) is 27.1 Å². The number of esters is 1. The highest BCUT2D eigenvalue weighted by atomic mass is 16.6. The quantitative estimate of drug-likeness (QED) is 0.353. The molecule has 2 aromatic rings. The number of likely N-dealkylation sites (tertiary alicyclic amines) is 1. The minimum absolute atomic E-state index is 0.0971. The zero-order valence-corrected chi connectivity index (χ0v) is 26.0. The summed E-state index contributed by atoms with van der Waals surface area (Å²) in [5.74, 6) is 2.45. The van der Waals surface area contributed by atoms with Crippen LogP contribution in [0.2, 0.25) is 0 Å². The van der Waals surface area contributed by atoms with E-state index in [0.717, 1.165) is 77.6 Å². The number of carbonyl (C=O) groups is 1. The lowest BCUT2D eigenvalue weighted by Crippen LogP contribution is -2.36. The number of fused-ring (bicyclic) bond motifs is 1. The molecule has 2 atom stereocenters. The normalized spacial score (nSPS) is 22.0. The lowest BCUT2D eigenvalue weighted by molar-refractivity contribution is -0.155. The van der Waals surface area contributed by atoms with Crippen molar-refractivity contribution in [1.82, 2.24) is 9.88 Å². The number of rotatable bonds is 10. The SMILES string of the molecule is CC(C)(C)OC(=O)CC(CN1CCC(CCc2ccc3c(n2)NCCC3)C1)c1cc(C2CC2)cc(N2CCOCC2)c1. The number of benzene rings is 1. The summed E-state index contributed by atoms with van der Waals surface area (Å²) < 4.78 is 11.5. The number of aryl methyl sites for hydroxylation is 2.